The Hall–Kier alpha value is -2.18. The second-order valence-electron chi connectivity index (χ2n) is 4.70. The lowest BCUT2D eigenvalue weighted by atomic mass is 10.1. The van der Waals surface area contributed by atoms with Crippen molar-refractivity contribution >= 4 is 17.6 Å². The minimum atomic E-state index is -0.734. The molecule has 0 radical (unpaired) electrons. The predicted molar refractivity (Wildman–Crippen MR) is 68.1 cm³/mol. The molecule has 3 heterocycles. The highest BCUT2D eigenvalue weighted by atomic mass is 16.4. The number of anilines is 1. The number of nitrogens with zero attached hydrogens (tertiary/aromatic N) is 5. The Kier molecular flexibility index (Phi) is 2.81. The lowest BCUT2D eigenvalue weighted by molar-refractivity contribution is -0.140. The number of rotatable bonds is 3. The first-order chi connectivity index (χ1) is 9.19. The van der Waals surface area contributed by atoms with Gasteiger partial charge in [-0.25, -0.2) is 4.98 Å². The molecule has 0 bridgehead atoms. The first kappa shape index (κ1) is 11.9. The topological polar surface area (TPSA) is 83.6 Å². The van der Waals surface area contributed by atoms with Gasteiger partial charge < -0.3 is 10.0 Å². The maximum absolute atomic E-state index is 11.0. The molecule has 1 saturated heterocycles. The molecule has 0 spiro atoms. The maximum Gasteiger partial charge on any atom is 0.308 e. The third-order valence-electron chi connectivity index (χ3n) is 3.51. The average molecular weight is 261 g/mol. The molecule has 1 aliphatic rings. The van der Waals surface area contributed by atoms with Crippen LogP contribution in [0.3, 0.4) is 0 Å². The largest absolute Gasteiger partial charge is 0.481 e. The van der Waals surface area contributed by atoms with Crippen LogP contribution < -0.4 is 4.90 Å². The average Bonchev–Trinajstić information content (AvgIpc) is 3.06. The monoisotopic (exact) mass is 261 g/mol. The van der Waals surface area contributed by atoms with E-state index in [9.17, 15) is 4.79 Å². The quantitative estimate of drug-likeness (QED) is 0.871. The molecular formula is C12H15N5O2. The SMILES string of the molecule is CCc1cc(N2CC[C@H](C(=O)O)C2)n2ncnc2n1. The summed E-state index contributed by atoms with van der Waals surface area (Å²) >= 11 is 0. The van der Waals surface area contributed by atoms with E-state index < -0.39 is 5.97 Å². The van der Waals surface area contributed by atoms with Gasteiger partial charge in [0.05, 0.1) is 5.92 Å². The van der Waals surface area contributed by atoms with Crippen LogP contribution in [0.2, 0.25) is 0 Å². The smallest absolute Gasteiger partial charge is 0.308 e. The Labute approximate surface area is 109 Å². The van der Waals surface area contributed by atoms with Crippen molar-refractivity contribution in [3.05, 3.63) is 18.1 Å². The van der Waals surface area contributed by atoms with E-state index >= 15 is 0 Å². The third-order valence-corrected chi connectivity index (χ3v) is 3.51. The van der Waals surface area contributed by atoms with Crippen LogP contribution in [0.4, 0.5) is 5.82 Å². The van der Waals surface area contributed by atoms with E-state index in [2.05, 4.69) is 15.1 Å². The molecule has 0 aromatic carbocycles. The van der Waals surface area contributed by atoms with Crippen molar-refractivity contribution in [2.24, 2.45) is 5.92 Å². The van der Waals surface area contributed by atoms with E-state index in [1.54, 1.807) is 4.52 Å². The molecule has 7 nitrogen and oxygen atoms in total. The second-order valence-corrected chi connectivity index (χ2v) is 4.70. The molecule has 2 aromatic rings. The highest BCUT2D eigenvalue weighted by Gasteiger charge is 2.29. The van der Waals surface area contributed by atoms with Crippen molar-refractivity contribution < 1.29 is 9.90 Å². The summed E-state index contributed by atoms with van der Waals surface area (Å²) in [4.78, 5) is 21.6. The Morgan fingerprint density at radius 3 is 3.11 bits per heavy atom. The second kappa shape index (κ2) is 4.49. The number of aliphatic carboxylic acids is 1. The van der Waals surface area contributed by atoms with Gasteiger partial charge in [0.1, 0.15) is 12.1 Å². The van der Waals surface area contributed by atoms with Gasteiger partial charge in [-0.05, 0) is 12.8 Å². The molecule has 1 atom stereocenters. The Morgan fingerprint density at radius 2 is 2.42 bits per heavy atom. The molecule has 0 aliphatic carbocycles. The van der Waals surface area contributed by atoms with E-state index in [-0.39, 0.29) is 5.92 Å². The van der Waals surface area contributed by atoms with Crippen molar-refractivity contribution in [1.29, 1.82) is 0 Å². The molecule has 0 amide bonds. The van der Waals surface area contributed by atoms with Gasteiger partial charge in [0.15, 0.2) is 0 Å². The van der Waals surface area contributed by atoms with Crippen LogP contribution in [-0.2, 0) is 11.2 Å². The summed E-state index contributed by atoms with van der Waals surface area (Å²) in [5, 5.41) is 13.2. The molecule has 1 aliphatic heterocycles. The van der Waals surface area contributed by atoms with Gasteiger partial charge in [-0.15, -0.1) is 0 Å². The Balaban J connectivity index is 2.00. The number of carboxylic acids is 1. The van der Waals surface area contributed by atoms with Crippen LogP contribution >= 0.6 is 0 Å². The van der Waals surface area contributed by atoms with E-state index in [1.165, 1.54) is 6.33 Å². The van der Waals surface area contributed by atoms with Crippen LogP contribution in [-0.4, -0.2) is 43.7 Å². The lowest BCUT2D eigenvalue weighted by Crippen LogP contribution is -2.25. The zero-order chi connectivity index (χ0) is 13.4. The van der Waals surface area contributed by atoms with Gasteiger partial charge >= 0.3 is 5.97 Å². The molecule has 100 valence electrons. The molecule has 0 unspecified atom stereocenters. The molecule has 1 fully saturated rings. The highest BCUT2D eigenvalue weighted by molar-refractivity contribution is 5.72. The summed E-state index contributed by atoms with van der Waals surface area (Å²) < 4.78 is 1.67. The van der Waals surface area contributed by atoms with E-state index in [4.69, 9.17) is 5.11 Å². The molecule has 3 rings (SSSR count). The fourth-order valence-electron chi connectivity index (χ4n) is 2.42. The van der Waals surface area contributed by atoms with Gasteiger partial charge in [-0.2, -0.15) is 14.6 Å². The number of hydrogen-bond donors (Lipinski definition) is 1. The zero-order valence-electron chi connectivity index (χ0n) is 10.7. The van der Waals surface area contributed by atoms with Crippen LogP contribution in [0.15, 0.2) is 12.4 Å². The molecule has 0 saturated carbocycles. The zero-order valence-corrected chi connectivity index (χ0v) is 10.7. The first-order valence-electron chi connectivity index (χ1n) is 6.36. The standard InChI is InChI=1S/C12H15N5O2/c1-2-9-5-10(17-12(15-9)13-7-14-17)16-4-3-8(6-16)11(18)19/h5,7-8H,2-4,6H2,1H3,(H,18,19)/t8-/m0/s1. The molecule has 2 aromatic heterocycles. The maximum atomic E-state index is 11.0. The number of aromatic nitrogens is 4. The van der Waals surface area contributed by atoms with Gasteiger partial charge in [0.2, 0.25) is 0 Å². The summed E-state index contributed by atoms with van der Waals surface area (Å²) in [6.07, 6.45) is 2.94. The third kappa shape index (κ3) is 2.00. The van der Waals surface area contributed by atoms with Crippen LogP contribution in [0.1, 0.15) is 19.0 Å². The van der Waals surface area contributed by atoms with Crippen molar-refractivity contribution in [3.8, 4) is 0 Å². The van der Waals surface area contributed by atoms with Crippen molar-refractivity contribution in [2.45, 2.75) is 19.8 Å². The van der Waals surface area contributed by atoms with E-state index in [0.29, 0.717) is 18.7 Å². The summed E-state index contributed by atoms with van der Waals surface area (Å²) in [7, 11) is 0. The molecular weight excluding hydrogens is 246 g/mol. The first-order valence-corrected chi connectivity index (χ1v) is 6.36. The van der Waals surface area contributed by atoms with Crippen LogP contribution in [0.5, 0.6) is 0 Å². The van der Waals surface area contributed by atoms with Crippen molar-refractivity contribution in [2.75, 3.05) is 18.0 Å². The lowest BCUT2D eigenvalue weighted by Gasteiger charge is -2.19. The predicted octanol–water partition coefficient (Wildman–Crippen LogP) is 0.598. The van der Waals surface area contributed by atoms with Gasteiger partial charge in [-0.1, -0.05) is 6.92 Å². The normalized spacial score (nSPS) is 19.2. The number of carboxylic acid groups (broad SMARTS) is 1. The number of fused-ring (bicyclic) bond motifs is 1. The van der Waals surface area contributed by atoms with E-state index in [1.807, 2.05) is 17.9 Å². The number of aryl methyl sites for hydroxylation is 1. The summed E-state index contributed by atoms with van der Waals surface area (Å²) in [5.41, 5.74) is 0.939. The Bertz CT molecular complexity index is 624. The molecule has 19 heavy (non-hydrogen) atoms. The molecule has 1 N–H and O–H groups in total. The number of hydrogen-bond acceptors (Lipinski definition) is 5. The van der Waals surface area contributed by atoms with Crippen LogP contribution in [0, 0.1) is 5.92 Å². The fourth-order valence-corrected chi connectivity index (χ4v) is 2.42. The summed E-state index contributed by atoms with van der Waals surface area (Å²) in [6.45, 7) is 3.26. The Morgan fingerprint density at radius 1 is 1.58 bits per heavy atom. The summed E-state index contributed by atoms with van der Waals surface area (Å²) in [6, 6.07) is 1.96. The van der Waals surface area contributed by atoms with Crippen molar-refractivity contribution in [3.63, 3.8) is 0 Å². The van der Waals surface area contributed by atoms with E-state index in [0.717, 1.165) is 24.5 Å². The minimum absolute atomic E-state index is 0.309. The minimum Gasteiger partial charge on any atom is -0.481 e. The van der Waals surface area contributed by atoms with Gasteiger partial charge in [0.25, 0.3) is 5.78 Å². The van der Waals surface area contributed by atoms with Gasteiger partial charge in [0, 0.05) is 24.8 Å². The summed E-state index contributed by atoms with van der Waals surface area (Å²) in [5.74, 6) is 0.398. The molecule has 7 heteroatoms. The fraction of sp³-hybridized carbons (Fsp3) is 0.500. The highest BCUT2D eigenvalue weighted by Crippen LogP contribution is 2.24. The van der Waals surface area contributed by atoms with Crippen molar-refractivity contribution in [1.82, 2.24) is 19.6 Å². The van der Waals surface area contributed by atoms with Crippen LogP contribution in [0.25, 0.3) is 5.78 Å². The number of carbonyl (C=O) groups is 1. The van der Waals surface area contributed by atoms with Gasteiger partial charge in [-0.3, -0.25) is 4.79 Å².